The third-order valence-corrected chi connectivity index (χ3v) is 12.2. The second-order valence-electron chi connectivity index (χ2n) is 10.7. The summed E-state index contributed by atoms with van der Waals surface area (Å²) in [4.78, 5) is 16.1. The minimum atomic E-state index is -3.22. The first-order chi connectivity index (χ1) is 18.3. The molecule has 3 aromatic rings. The summed E-state index contributed by atoms with van der Waals surface area (Å²) in [6, 6.07) is 6.07. The summed E-state index contributed by atoms with van der Waals surface area (Å²) in [7, 11) is 0.0358. The number of benzene rings is 1. The van der Waals surface area contributed by atoms with E-state index in [0.29, 0.717) is 31.9 Å². The van der Waals surface area contributed by atoms with Gasteiger partial charge in [-0.05, 0) is 38.9 Å². The number of rotatable bonds is 6. The molecule has 0 spiro atoms. The molecule has 2 aromatic heterocycles. The van der Waals surface area contributed by atoms with Gasteiger partial charge in [0.2, 0.25) is 10.0 Å². The van der Waals surface area contributed by atoms with Gasteiger partial charge in [0.25, 0.3) is 0 Å². The van der Waals surface area contributed by atoms with E-state index in [1.807, 2.05) is 36.3 Å². The van der Waals surface area contributed by atoms with Crippen LogP contribution >= 0.6 is 11.8 Å². The maximum atomic E-state index is 12.7. The maximum Gasteiger partial charge on any atom is 0.216 e. The number of ether oxygens (including phenoxy) is 1. The first-order valence-corrected chi connectivity index (χ1v) is 15.6. The minimum Gasteiger partial charge on any atom is -0.379 e. The Bertz CT molecular complexity index is 1420. The molecular weight excluding hydrogens is 522 g/mol. The molecule has 0 aliphatic carbocycles. The standard InChI is InChI=1S/C26H35N7O3S2/c1-26(33-11-13-36-14-12-33)23(17-32-9-7-18(8-10-32)38(34,35)31(2)3)37-22-16-27-25(29-24(22)26)19-5-4-6-21-20(19)15-28-30-21/h4-6,15-16,18,23H,7-14,17H2,1-3H3,(H,28,30). The van der Waals surface area contributed by atoms with Gasteiger partial charge in [0.05, 0.1) is 41.4 Å². The van der Waals surface area contributed by atoms with E-state index in [9.17, 15) is 8.42 Å². The second kappa shape index (κ2) is 10.1. The number of fused-ring (bicyclic) bond motifs is 2. The van der Waals surface area contributed by atoms with Crippen molar-refractivity contribution in [1.29, 1.82) is 0 Å². The van der Waals surface area contributed by atoms with Crippen molar-refractivity contribution >= 4 is 32.7 Å². The zero-order chi connectivity index (χ0) is 26.5. The van der Waals surface area contributed by atoms with Crippen LogP contribution in [0.3, 0.4) is 0 Å². The van der Waals surface area contributed by atoms with E-state index >= 15 is 0 Å². The van der Waals surface area contributed by atoms with Crippen LogP contribution in [0.4, 0.5) is 0 Å². The predicted octanol–water partition coefficient (Wildman–Crippen LogP) is 2.40. The van der Waals surface area contributed by atoms with Crippen molar-refractivity contribution < 1.29 is 13.2 Å². The number of hydrogen-bond acceptors (Lipinski definition) is 9. The van der Waals surface area contributed by atoms with Gasteiger partial charge in [-0.1, -0.05) is 12.1 Å². The van der Waals surface area contributed by atoms with Crippen LogP contribution in [0.5, 0.6) is 0 Å². The molecule has 5 heterocycles. The number of hydrogen-bond donors (Lipinski definition) is 1. The van der Waals surface area contributed by atoms with E-state index in [0.717, 1.165) is 59.8 Å². The lowest BCUT2D eigenvalue weighted by atomic mass is 9.89. The van der Waals surface area contributed by atoms with Crippen LogP contribution in [0, 0.1) is 0 Å². The topological polar surface area (TPSA) is 108 Å². The number of nitrogens with one attached hydrogen (secondary N) is 1. The Kier molecular flexibility index (Phi) is 6.98. The van der Waals surface area contributed by atoms with Crippen molar-refractivity contribution in [1.82, 2.24) is 34.3 Å². The third kappa shape index (κ3) is 4.44. The molecular formula is C26H35N7O3S2. The van der Waals surface area contributed by atoms with E-state index < -0.39 is 10.0 Å². The zero-order valence-corrected chi connectivity index (χ0v) is 23.8. The SMILES string of the molecule is CN(C)S(=O)(=O)C1CCN(CC2Sc3cnc(-c4cccc5[nH]ncc45)nc3C2(C)N2CCOCC2)CC1. The molecule has 2 unspecified atom stereocenters. The number of nitrogens with zero attached hydrogens (tertiary/aromatic N) is 6. The molecule has 3 aliphatic heterocycles. The number of morpholine rings is 1. The van der Waals surface area contributed by atoms with Crippen LogP contribution in [0.15, 0.2) is 35.5 Å². The van der Waals surface area contributed by atoms with Gasteiger partial charge in [0.15, 0.2) is 5.82 Å². The molecule has 12 heteroatoms. The molecule has 0 amide bonds. The lowest BCUT2D eigenvalue weighted by molar-refractivity contribution is -0.0232. The number of thioether (sulfide) groups is 1. The molecule has 38 heavy (non-hydrogen) atoms. The highest BCUT2D eigenvalue weighted by Gasteiger charge is 2.51. The van der Waals surface area contributed by atoms with Crippen molar-refractivity contribution in [2.45, 2.75) is 40.7 Å². The van der Waals surface area contributed by atoms with Crippen LogP contribution in [0.2, 0.25) is 0 Å². The van der Waals surface area contributed by atoms with Crippen LogP contribution in [-0.2, 0) is 20.3 Å². The van der Waals surface area contributed by atoms with Crippen molar-refractivity contribution in [2.24, 2.45) is 0 Å². The van der Waals surface area contributed by atoms with Crippen molar-refractivity contribution in [3.8, 4) is 11.4 Å². The van der Waals surface area contributed by atoms with E-state index in [2.05, 4.69) is 33.0 Å². The summed E-state index contributed by atoms with van der Waals surface area (Å²) in [5, 5.41) is 8.22. The summed E-state index contributed by atoms with van der Waals surface area (Å²) in [5.74, 6) is 0.714. The van der Waals surface area contributed by atoms with E-state index in [1.165, 1.54) is 4.31 Å². The van der Waals surface area contributed by atoms with Gasteiger partial charge in [0.1, 0.15) is 0 Å². The molecule has 10 nitrogen and oxygen atoms in total. The molecule has 6 rings (SSSR count). The average molecular weight is 558 g/mol. The van der Waals surface area contributed by atoms with Gasteiger partial charge in [-0.15, -0.1) is 11.8 Å². The zero-order valence-electron chi connectivity index (χ0n) is 22.1. The Hall–Kier alpha value is -2.09. The summed E-state index contributed by atoms with van der Waals surface area (Å²) >= 11 is 1.86. The Morgan fingerprint density at radius 2 is 1.92 bits per heavy atom. The van der Waals surface area contributed by atoms with E-state index in [1.54, 1.807) is 14.1 Å². The van der Waals surface area contributed by atoms with Gasteiger partial charge in [-0.2, -0.15) is 5.10 Å². The summed E-state index contributed by atoms with van der Waals surface area (Å²) in [5.41, 5.74) is 2.72. The fourth-order valence-corrected chi connectivity index (χ4v) is 9.01. The van der Waals surface area contributed by atoms with Crippen LogP contribution in [0.1, 0.15) is 25.5 Å². The average Bonchev–Trinajstić information content (AvgIpc) is 3.52. The predicted molar refractivity (Wildman–Crippen MR) is 149 cm³/mol. The molecule has 2 atom stereocenters. The lowest BCUT2D eigenvalue weighted by Gasteiger charge is -2.45. The fourth-order valence-electron chi connectivity index (χ4n) is 6.05. The van der Waals surface area contributed by atoms with Gasteiger partial charge in [-0.3, -0.25) is 10.00 Å². The van der Waals surface area contributed by atoms with E-state index in [4.69, 9.17) is 14.7 Å². The molecule has 0 radical (unpaired) electrons. The highest BCUT2D eigenvalue weighted by atomic mass is 32.2. The largest absolute Gasteiger partial charge is 0.379 e. The highest BCUT2D eigenvalue weighted by Crippen LogP contribution is 2.51. The Balaban J connectivity index is 1.29. The number of aromatic amines is 1. The van der Waals surface area contributed by atoms with Crippen LogP contribution in [0.25, 0.3) is 22.3 Å². The number of sulfonamides is 1. The van der Waals surface area contributed by atoms with Gasteiger partial charge >= 0.3 is 0 Å². The number of likely N-dealkylation sites (tertiary alicyclic amines) is 1. The first-order valence-electron chi connectivity index (χ1n) is 13.2. The van der Waals surface area contributed by atoms with Crippen LogP contribution in [-0.4, -0.2) is 113 Å². The number of H-pyrrole nitrogens is 1. The van der Waals surface area contributed by atoms with Gasteiger partial charge in [0, 0.05) is 61.0 Å². The summed E-state index contributed by atoms with van der Waals surface area (Å²) in [6.45, 7) is 7.88. The number of aromatic nitrogens is 4. The number of piperidine rings is 1. The minimum absolute atomic E-state index is 0.242. The quantitative estimate of drug-likeness (QED) is 0.489. The summed E-state index contributed by atoms with van der Waals surface area (Å²) < 4.78 is 32.4. The molecule has 2 saturated heterocycles. The molecule has 0 saturated carbocycles. The third-order valence-electron chi connectivity index (χ3n) is 8.41. The molecule has 204 valence electrons. The van der Waals surface area contributed by atoms with Crippen molar-refractivity contribution in [3.63, 3.8) is 0 Å². The Labute approximate surface area is 228 Å². The van der Waals surface area contributed by atoms with Crippen molar-refractivity contribution in [2.75, 3.05) is 60.0 Å². The first kappa shape index (κ1) is 26.1. The van der Waals surface area contributed by atoms with Crippen LogP contribution < -0.4 is 0 Å². The van der Waals surface area contributed by atoms with Crippen molar-refractivity contribution in [3.05, 3.63) is 36.3 Å². The molecule has 0 bridgehead atoms. The summed E-state index contributed by atoms with van der Waals surface area (Å²) in [6.07, 6.45) is 5.14. The lowest BCUT2D eigenvalue weighted by Crippen LogP contribution is -2.56. The van der Waals surface area contributed by atoms with Gasteiger partial charge < -0.3 is 9.64 Å². The smallest absolute Gasteiger partial charge is 0.216 e. The Morgan fingerprint density at radius 3 is 2.66 bits per heavy atom. The maximum absolute atomic E-state index is 12.7. The normalized spacial score (nSPS) is 25.8. The van der Waals surface area contributed by atoms with Gasteiger partial charge in [-0.25, -0.2) is 22.7 Å². The Morgan fingerprint density at radius 1 is 1.16 bits per heavy atom. The molecule has 1 N–H and O–H groups in total. The molecule has 1 aromatic carbocycles. The monoisotopic (exact) mass is 557 g/mol. The molecule has 2 fully saturated rings. The second-order valence-corrected chi connectivity index (χ2v) is 14.4. The molecule has 3 aliphatic rings. The van der Waals surface area contributed by atoms with E-state index in [-0.39, 0.29) is 16.0 Å². The fraction of sp³-hybridized carbons (Fsp3) is 0.577. The highest BCUT2D eigenvalue weighted by molar-refractivity contribution is 8.00.